The number of benzene rings is 2. The summed E-state index contributed by atoms with van der Waals surface area (Å²) in [6.45, 7) is 13.4. The Kier molecular flexibility index (Phi) is 7.81. The predicted molar refractivity (Wildman–Crippen MR) is 126 cm³/mol. The van der Waals surface area contributed by atoms with Crippen LogP contribution in [0.25, 0.3) is 0 Å². The van der Waals surface area contributed by atoms with Crippen molar-refractivity contribution < 1.29 is 27.4 Å². The minimum atomic E-state index is -4.32. The van der Waals surface area contributed by atoms with E-state index in [1.54, 1.807) is 32.9 Å². The number of ether oxygens (including phenoxy) is 2. The van der Waals surface area contributed by atoms with E-state index in [1.165, 1.54) is 5.56 Å². The van der Waals surface area contributed by atoms with Gasteiger partial charge in [-0.25, -0.2) is 4.79 Å². The second kappa shape index (κ2) is 10.3. The second-order valence-corrected chi connectivity index (χ2v) is 9.11. The first-order chi connectivity index (χ1) is 15.9. The number of halogens is 3. The minimum Gasteiger partial charge on any atom is -0.476 e. The van der Waals surface area contributed by atoms with Gasteiger partial charge in [-0.15, -0.1) is 0 Å². The molecule has 0 amide bonds. The molecule has 1 saturated heterocycles. The van der Waals surface area contributed by atoms with Crippen LogP contribution in [0.5, 0.6) is 5.75 Å². The van der Waals surface area contributed by atoms with Crippen LogP contribution >= 0.6 is 0 Å². The van der Waals surface area contributed by atoms with Crippen molar-refractivity contribution in [3.8, 4) is 5.75 Å². The van der Waals surface area contributed by atoms with Gasteiger partial charge < -0.3 is 14.4 Å². The molecule has 0 spiro atoms. The van der Waals surface area contributed by atoms with Gasteiger partial charge in [-0.1, -0.05) is 6.07 Å². The van der Waals surface area contributed by atoms with Gasteiger partial charge in [0.05, 0.1) is 12.2 Å². The zero-order chi connectivity index (χ0) is 25.1. The molecule has 186 valence electrons. The van der Waals surface area contributed by atoms with E-state index in [4.69, 9.17) is 9.47 Å². The number of hydrogen-bond donors (Lipinski definition) is 0. The third kappa shape index (κ3) is 6.03. The SMILES string of the molecule is CCOC(=O)C(C)(C)Oc1ccc(CN2CCN(c3ccc(C(F)(F)F)cc3)CC2)c(C)c1C. The maximum absolute atomic E-state index is 12.8. The van der Waals surface area contributed by atoms with E-state index in [0.717, 1.165) is 61.7 Å². The number of anilines is 1. The van der Waals surface area contributed by atoms with Gasteiger partial charge in [-0.3, -0.25) is 4.90 Å². The molecule has 1 heterocycles. The van der Waals surface area contributed by atoms with Crippen LogP contribution in [0.15, 0.2) is 36.4 Å². The Hall–Kier alpha value is -2.74. The van der Waals surface area contributed by atoms with Crippen molar-refractivity contribution in [3.63, 3.8) is 0 Å². The molecule has 0 aromatic heterocycles. The van der Waals surface area contributed by atoms with Crippen LogP contribution in [0, 0.1) is 13.8 Å². The van der Waals surface area contributed by atoms with Crippen LogP contribution in [-0.4, -0.2) is 49.3 Å². The first kappa shape index (κ1) is 25.9. The van der Waals surface area contributed by atoms with Crippen molar-refractivity contribution >= 4 is 11.7 Å². The summed E-state index contributed by atoms with van der Waals surface area (Å²) in [7, 11) is 0. The summed E-state index contributed by atoms with van der Waals surface area (Å²) in [4.78, 5) is 16.6. The Bertz CT molecular complexity index is 996. The van der Waals surface area contributed by atoms with Crippen molar-refractivity contribution in [2.45, 2.75) is 52.9 Å². The predicted octanol–water partition coefficient (Wildman–Crippen LogP) is 5.36. The van der Waals surface area contributed by atoms with Gasteiger partial charge in [-0.2, -0.15) is 13.2 Å². The topological polar surface area (TPSA) is 42.0 Å². The van der Waals surface area contributed by atoms with E-state index in [2.05, 4.69) is 9.80 Å². The minimum absolute atomic E-state index is 0.300. The van der Waals surface area contributed by atoms with Crippen molar-refractivity contribution in [1.82, 2.24) is 4.90 Å². The zero-order valence-electron chi connectivity index (χ0n) is 20.5. The highest BCUT2D eigenvalue weighted by atomic mass is 19.4. The molecule has 1 fully saturated rings. The molecule has 8 heteroatoms. The molecule has 0 N–H and O–H groups in total. The molecule has 2 aromatic carbocycles. The first-order valence-corrected chi connectivity index (χ1v) is 11.5. The monoisotopic (exact) mass is 478 g/mol. The standard InChI is InChI=1S/C26H33F3N2O3/c1-6-33-24(32)25(4,5)34-23-12-7-20(18(2)19(23)3)17-30-13-15-31(16-14-30)22-10-8-21(9-11-22)26(27,28)29/h7-12H,6,13-17H2,1-5H3. The van der Waals surface area contributed by atoms with Crippen molar-refractivity contribution in [1.29, 1.82) is 0 Å². The molecule has 2 aromatic rings. The van der Waals surface area contributed by atoms with Gasteiger partial charge in [-0.05, 0) is 81.6 Å². The number of alkyl halides is 3. The molecule has 0 radical (unpaired) electrons. The number of piperazine rings is 1. The summed E-state index contributed by atoms with van der Waals surface area (Å²) in [5.41, 5.74) is 2.38. The summed E-state index contributed by atoms with van der Waals surface area (Å²) < 4.78 is 49.5. The Balaban J connectivity index is 1.61. The number of rotatable bonds is 7. The Morgan fingerprint density at radius 2 is 1.56 bits per heavy atom. The molecule has 1 aliphatic rings. The van der Waals surface area contributed by atoms with Crippen molar-refractivity contribution in [2.24, 2.45) is 0 Å². The zero-order valence-corrected chi connectivity index (χ0v) is 20.5. The summed E-state index contributed by atoms with van der Waals surface area (Å²) in [6.07, 6.45) is -4.32. The van der Waals surface area contributed by atoms with Gasteiger partial charge >= 0.3 is 12.1 Å². The molecular formula is C26H33F3N2O3. The molecule has 0 unspecified atom stereocenters. The summed E-state index contributed by atoms with van der Waals surface area (Å²) in [5, 5.41) is 0. The summed E-state index contributed by atoms with van der Waals surface area (Å²) in [6, 6.07) is 9.30. The van der Waals surface area contributed by atoms with Gasteiger partial charge in [0.2, 0.25) is 0 Å². The first-order valence-electron chi connectivity index (χ1n) is 11.5. The van der Waals surface area contributed by atoms with Gasteiger partial charge in [0, 0.05) is 38.4 Å². The van der Waals surface area contributed by atoms with Crippen LogP contribution < -0.4 is 9.64 Å². The Morgan fingerprint density at radius 1 is 0.941 bits per heavy atom. The van der Waals surface area contributed by atoms with Crippen LogP contribution in [0.2, 0.25) is 0 Å². The van der Waals surface area contributed by atoms with E-state index >= 15 is 0 Å². The largest absolute Gasteiger partial charge is 0.476 e. The molecular weight excluding hydrogens is 445 g/mol. The summed E-state index contributed by atoms with van der Waals surface area (Å²) in [5.74, 6) is 0.258. The van der Waals surface area contributed by atoms with Gasteiger partial charge in [0.25, 0.3) is 0 Å². The van der Waals surface area contributed by atoms with E-state index < -0.39 is 23.3 Å². The second-order valence-electron chi connectivity index (χ2n) is 9.11. The van der Waals surface area contributed by atoms with Gasteiger partial charge in [0.1, 0.15) is 5.75 Å². The molecule has 3 rings (SSSR count). The number of carbonyl (C=O) groups excluding carboxylic acids is 1. The number of esters is 1. The lowest BCUT2D eigenvalue weighted by Crippen LogP contribution is -2.46. The van der Waals surface area contributed by atoms with Crippen molar-refractivity contribution in [2.75, 3.05) is 37.7 Å². The number of nitrogens with zero attached hydrogens (tertiary/aromatic N) is 2. The molecule has 1 aliphatic heterocycles. The fourth-order valence-electron chi connectivity index (χ4n) is 4.02. The average Bonchev–Trinajstić information content (AvgIpc) is 2.79. The van der Waals surface area contributed by atoms with E-state index in [1.807, 2.05) is 26.0 Å². The highest BCUT2D eigenvalue weighted by Gasteiger charge is 2.32. The van der Waals surface area contributed by atoms with E-state index in [-0.39, 0.29) is 0 Å². The van der Waals surface area contributed by atoms with Crippen LogP contribution in [-0.2, 0) is 22.3 Å². The third-order valence-electron chi connectivity index (χ3n) is 6.31. The summed E-state index contributed by atoms with van der Waals surface area (Å²) >= 11 is 0. The maximum atomic E-state index is 12.8. The lowest BCUT2D eigenvalue weighted by Gasteiger charge is -2.36. The van der Waals surface area contributed by atoms with E-state index in [9.17, 15) is 18.0 Å². The van der Waals surface area contributed by atoms with Crippen LogP contribution in [0.3, 0.4) is 0 Å². The average molecular weight is 479 g/mol. The highest BCUT2D eigenvalue weighted by molar-refractivity contribution is 5.79. The fourth-order valence-corrected chi connectivity index (χ4v) is 4.02. The normalized spacial score (nSPS) is 15.4. The highest BCUT2D eigenvalue weighted by Crippen LogP contribution is 2.31. The smallest absolute Gasteiger partial charge is 0.416 e. The maximum Gasteiger partial charge on any atom is 0.416 e. The van der Waals surface area contributed by atoms with Crippen molar-refractivity contribution in [3.05, 3.63) is 58.7 Å². The number of hydrogen-bond acceptors (Lipinski definition) is 5. The van der Waals surface area contributed by atoms with Gasteiger partial charge in [0.15, 0.2) is 5.60 Å². The van der Waals surface area contributed by atoms with Crippen LogP contribution in [0.4, 0.5) is 18.9 Å². The molecule has 0 aliphatic carbocycles. The quantitative estimate of drug-likeness (QED) is 0.501. The molecule has 34 heavy (non-hydrogen) atoms. The molecule has 5 nitrogen and oxygen atoms in total. The van der Waals surface area contributed by atoms with Crippen LogP contribution in [0.1, 0.15) is 43.0 Å². The third-order valence-corrected chi connectivity index (χ3v) is 6.31. The Morgan fingerprint density at radius 3 is 2.12 bits per heavy atom. The lowest BCUT2D eigenvalue weighted by molar-refractivity contribution is -0.158. The Labute approximate surface area is 199 Å². The fraction of sp³-hybridized carbons (Fsp3) is 0.500. The molecule has 0 saturated carbocycles. The molecule has 0 bridgehead atoms. The number of carbonyl (C=O) groups is 1. The van der Waals surface area contributed by atoms with E-state index in [0.29, 0.717) is 12.4 Å². The lowest BCUT2D eigenvalue weighted by atomic mass is 10.0. The molecule has 0 atom stereocenters.